The summed E-state index contributed by atoms with van der Waals surface area (Å²) >= 11 is 0. The Bertz CT molecular complexity index is 339. The average molecular weight is 232 g/mol. The first kappa shape index (κ1) is 12.6. The molecule has 1 aromatic rings. The maximum absolute atomic E-state index is 9.32. The van der Waals surface area contributed by atoms with E-state index in [0.717, 1.165) is 12.3 Å². The molecule has 94 valence electrons. The van der Waals surface area contributed by atoms with Gasteiger partial charge in [-0.2, -0.15) is 0 Å². The minimum Gasteiger partial charge on any atom is -0.396 e. The highest BCUT2D eigenvalue weighted by atomic mass is 16.3. The van der Waals surface area contributed by atoms with Crippen LogP contribution in [0, 0.1) is 12.8 Å². The molecule has 0 aliphatic heterocycles. The molecule has 1 atom stereocenters. The van der Waals surface area contributed by atoms with Crippen molar-refractivity contribution in [2.24, 2.45) is 5.92 Å². The average Bonchev–Trinajstić information content (AvgIpc) is 2.38. The third kappa shape index (κ3) is 3.10. The molecule has 1 N–H and O–H groups in total. The lowest BCUT2D eigenvalue weighted by atomic mass is 9.74. The summed E-state index contributed by atoms with van der Waals surface area (Å²) in [4.78, 5) is 0. The number of aliphatic hydroxyl groups excluding tert-OH is 1. The van der Waals surface area contributed by atoms with Gasteiger partial charge in [0.05, 0.1) is 0 Å². The van der Waals surface area contributed by atoms with E-state index in [0.29, 0.717) is 12.5 Å². The van der Waals surface area contributed by atoms with Gasteiger partial charge in [-0.15, -0.1) is 0 Å². The summed E-state index contributed by atoms with van der Waals surface area (Å²) in [5.41, 5.74) is 2.85. The van der Waals surface area contributed by atoms with Crippen LogP contribution in [0.1, 0.15) is 55.6 Å². The smallest absolute Gasteiger partial charge is 0.0436 e. The second-order valence-electron chi connectivity index (χ2n) is 5.37. The van der Waals surface area contributed by atoms with Gasteiger partial charge in [0.1, 0.15) is 0 Å². The van der Waals surface area contributed by atoms with E-state index in [-0.39, 0.29) is 0 Å². The monoisotopic (exact) mass is 232 g/mol. The Hall–Kier alpha value is -0.820. The zero-order valence-corrected chi connectivity index (χ0v) is 10.9. The summed E-state index contributed by atoms with van der Waals surface area (Å²) in [6.45, 7) is 2.51. The Morgan fingerprint density at radius 2 is 1.88 bits per heavy atom. The minimum atomic E-state index is 0.315. The summed E-state index contributed by atoms with van der Waals surface area (Å²) in [5, 5.41) is 9.32. The van der Waals surface area contributed by atoms with Crippen LogP contribution in [0.2, 0.25) is 0 Å². The molecule has 1 saturated carbocycles. The molecule has 0 spiro atoms. The normalized spacial score (nSPS) is 19.2. The molecule has 0 heterocycles. The molecule has 0 amide bonds. The van der Waals surface area contributed by atoms with E-state index < -0.39 is 0 Å². The predicted molar refractivity (Wildman–Crippen MR) is 72.2 cm³/mol. The molecule has 1 heteroatoms. The lowest BCUT2D eigenvalue weighted by Crippen LogP contribution is -2.18. The first-order chi connectivity index (χ1) is 8.33. The van der Waals surface area contributed by atoms with Crippen molar-refractivity contribution in [1.29, 1.82) is 0 Å². The van der Waals surface area contributed by atoms with E-state index in [1.807, 2.05) is 0 Å². The van der Waals surface area contributed by atoms with Crippen LogP contribution in [0.3, 0.4) is 0 Å². The fraction of sp³-hybridized carbons (Fsp3) is 0.625. The lowest BCUT2D eigenvalue weighted by molar-refractivity contribution is 0.229. The predicted octanol–water partition coefficient (Wildman–Crippen LogP) is 4.04. The van der Waals surface area contributed by atoms with Gasteiger partial charge in [0.25, 0.3) is 0 Å². The van der Waals surface area contributed by atoms with E-state index in [9.17, 15) is 5.11 Å². The molecule has 17 heavy (non-hydrogen) atoms. The van der Waals surface area contributed by atoms with Gasteiger partial charge in [-0.3, -0.25) is 0 Å². The summed E-state index contributed by atoms with van der Waals surface area (Å²) in [6.07, 6.45) is 7.76. The molecule has 1 aliphatic rings. The van der Waals surface area contributed by atoms with E-state index in [1.165, 1.54) is 43.2 Å². The van der Waals surface area contributed by atoms with Crippen molar-refractivity contribution >= 4 is 0 Å². The molecule has 1 nitrogen and oxygen atoms in total. The van der Waals surface area contributed by atoms with Crippen molar-refractivity contribution in [1.82, 2.24) is 0 Å². The van der Waals surface area contributed by atoms with Crippen LogP contribution in [0.5, 0.6) is 0 Å². The Kier molecular flexibility index (Phi) is 4.61. The van der Waals surface area contributed by atoms with Crippen LogP contribution < -0.4 is 0 Å². The van der Waals surface area contributed by atoms with Crippen LogP contribution in [0.25, 0.3) is 0 Å². The van der Waals surface area contributed by atoms with Crippen molar-refractivity contribution in [2.45, 2.75) is 51.4 Å². The number of hydrogen-bond acceptors (Lipinski definition) is 1. The van der Waals surface area contributed by atoms with Crippen LogP contribution in [-0.4, -0.2) is 11.7 Å². The third-order valence-electron chi connectivity index (χ3n) is 4.25. The van der Waals surface area contributed by atoms with Crippen molar-refractivity contribution < 1.29 is 5.11 Å². The van der Waals surface area contributed by atoms with Gasteiger partial charge in [0.15, 0.2) is 0 Å². The first-order valence-corrected chi connectivity index (χ1v) is 6.99. The number of aryl methyl sites for hydroxylation is 1. The van der Waals surface area contributed by atoms with Crippen LogP contribution in [-0.2, 0) is 0 Å². The van der Waals surface area contributed by atoms with Gasteiger partial charge in [0.2, 0.25) is 0 Å². The number of hydrogen-bond donors (Lipinski definition) is 1. The van der Waals surface area contributed by atoms with Gasteiger partial charge < -0.3 is 5.11 Å². The Morgan fingerprint density at radius 3 is 2.53 bits per heavy atom. The fourth-order valence-electron chi connectivity index (χ4n) is 3.32. The topological polar surface area (TPSA) is 20.2 Å². The van der Waals surface area contributed by atoms with Crippen molar-refractivity contribution in [3.8, 4) is 0 Å². The highest BCUT2D eigenvalue weighted by molar-refractivity contribution is 5.29. The second-order valence-corrected chi connectivity index (χ2v) is 5.37. The zero-order chi connectivity index (χ0) is 12.1. The van der Waals surface area contributed by atoms with Gasteiger partial charge >= 0.3 is 0 Å². The Balaban J connectivity index is 2.18. The van der Waals surface area contributed by atoms with Crippen LogP contribution in [0.4, 0.5) is 0 Å². The summed E-state index contributed by atoms with van der Waals surface area (Å²) in [6, 6.07) is 8.69. The largest absolute Gasteiger partial charge is 0.396 e. The molecular weight excluding hydrogens is 208 g/mol. The SMILES string of the molecule is Cc1ccccc1C(CCO)C1CCCCC1. The number of aliphatic hydroxyl groups is 1. The van der Waals surface area contributed by atoms with E-state index in [1.54, 1.807) is 0 Å². The van der Waals surface area contributed by atoms with Crippen molar-refractivity contribution in [3.05, 3.63) is 35.4 Å². The minimum absolute atomic E-state index is 0.315. The number of rotatable bonds is 4. The van der Waals surface area contributed by atoms with Gasteiger partial charge in [0, 0.05) is 6.61 Å². The van der Waals surface area contributed by atoms with Gasteiger partial charge in [-0.25, -0.2) is 0 Å². The summed E-state index contributed by atoms with van der Waals surface area (Å²) < 4.78 is 0. The third-order valence-corrected chi connectivity index (χ3v) is 4.25. The number of benzene rings is 1. The standard InChI is InChI=1S/C16H24O/c1-13-7-5-6-10-15(13)16(11-12-17)14-8-3-2-4-9-14/h5-7,10,14,16-17H,2-4,8-9,11-12H2,1H3. The van der Waals surface area contributed by atoms with Gasteiger partial charge in [-0.05, 0) is 49.1 Å². The van der Waals surface area contributed by atoms with E-state index >= 15 is 0 Å². The maximum Gasteiger partial charge on any atom is 0.0436 e. The van der Waals surface area contributed by atoms with Crippen molar-refractivity contribution in [3.63, 3.8) is 0 Å². The maximum atomic E-state index is 9.32. The van der Waals surface area contributed by atoms with E-state index in [2.05, 4.69) is 31.2 Å². The molecule has 1 aromatic carbocycles. The molecule has 1 unspecified atom stereocenters. The highest BCUT2D eigenvalue weighted by Crippen LogP contribution is 2.38. The summed E-state index contributed by atoms with van der Waals surface area (Å²) in [5.74, 6) is 1.36. The quantitative estimate of drug-likeness (QED) is 0.830. The Labute approximate surface area is 105 Å². The van der Waals surface area contributed by atoms with Gasteiger partial charge in [-0.1, -0.05) is 43.5 Å². The molecule has 1 fully saturated rings. The molecule has 0 bridgehead atoms. The van der Waals surface area contributed by atoms with Crippen LogP contribution in [0.15, 0.2) is 24.3 Å². The fourth-order valence-corrected chi connectivity index (χ4v) is 3.32. The molecule has 1 aliphatic carbocycles. The molecule has 0 aromatic heterocycles. The molecule has 0 radical (unpaired) electrons. The van der Waals surface area contributed by atoms with Crippen LogP contribution >= 0.6 is 0 Å². The van der Waals surface area contributed by atoms with E-state index in [4.69, 9.17) is 0 Å². The first-order valence-electron chi connectivity index (χ1n) is 6.99. The highest BCUT2D eigenvalue weighted by Gasteiger charge is 2.25. The summed E-state index contributed by atoms with van der Waals surface area (Å²) in [7, 11) is 0. The molecule has 2 rings (SSSR count). The second kappa shape index (κ2) is 6.20. The lowest BCUT2D eigenvalue weighted by Gasteiger charge is -2.31. The molecular formula is C16H24O. The Morgan fingerprint density at radius 1 is 1.18 bits per heavy atom. The zero-order valence-electron chi connectivity index (χ0n) is 10.9. The molecule has 0 saturated heterocycles. The van der Waals surface area contributed by atoms with Crippen molar-refractivity contribution in [2.75, 3.05) is 6.61 Å².